The molecule has 1 heterocycles. The number of nitrogens with one attached hydrogen (secondary N) is 2. The van der Waals surface area contributed by atoms with Crippen LogP contribution in [0.4, 0.5) is 17.5 Å². The van der Waals surface area contributed by atoms with E-state index in [2.05, 4.69) is 51.8 Å². The van der Waals surface area contributed by atoms with Crippen LogP contribution < -0.4 is 10.6 Å². The Morgan fingerprint density at radius 1 is 1.26 bits per heavy atom. The minimum Gasteiger partial charge on any atom is -0.353 e. The Morgan fingerprint density at radius 2 is 2.16 bits per heavy atom. The van der Waals surface area contributed by atoms with Crippen molar-refractivity contribution in [2.45, 2.75) is 26.7 Å². The van der Waals surface area contributed by atoms with Crippen LogP contribution in [-0.4, -0.2) is 21.7 Å². The molecule has 0 saturated carbocycles. The van der Waals surface area contributed by atoms with Crippen LogP contribution in [0, 0.1) is 6.92 Å². The summed E-state index contributed by atoms with van der Waals surface area (Å²) in [4.78, 5) is 4.37. The van der Waals surface area contributed by atoms with Crippen LogP contribution >= 0.6 is 0 Å². The number of nitrogens with zero attached hydrogens (tertiary/aromatic N) is 3. The van der Waals surface area contributed by atoms with E-state index in [4.69, 9.17) is 0 Å². The third-order valence-corrected chi connectivity index (χ3v) is 2.66. The van der Waals surface area contributed by atoms with Gasteiger partial charge in [0.15, 0.2) is 5.82 Å². The van der Waals surface area contributed by atoms with Crippen molar-refractivity contribution in [3.05, 3.63) is 36.0 Å². The lowest BCUT2D eigenvalue weighted by Crippen LogP contribution is -2.07. The Balaban J connectivity index is 2.02. The molecule has 0 radical (unpaired) electrons. The van der Waals surface area contributed by atoms with Gasteiger partial charge in [-0.1, -0.05) is 25.5 Å². The zero-order chi connectivity index (χ0) is 13.5. The fraction of sp³-hybridized carbons (Fsp3) is 0.357. The first-order valence-corrected chi connectivity index (χ1v) is 6.55. The molecule has 5 heteroatoms. The fourth-order valence-electron chi connectivity index (χ4n) is 1.69. The van der Waals surface area contributed by atoms with Gasteiger partial charge in [0, 0.05) is 12.2 Å². The van der Waals surface area contributed by atoms with Crippen LogP contribution in [0.2, 0.25) is 0 Å². The van der Waals surface area contributed by atoms with Crippen molar-refractivity contribution in [1.82, 2.24) is 15.2 Å². The third kappa shape index (κ3) is 4.21. The van der Waals surface area contributed by atoms with Crippen LogP contribution in [-0.2, 0) is 0 Å². The minimum absolute atomic E-state index is 0.561. The summed E-state index contributed by atoms with van der Waals surface area (Å²) in [5.41, 5.74) is 2.20. The standard InChI is InChI=1S/C14H19N5/c1-3-4-8-15-14-18-13(10-16-19-14)17-12-7-5-6-11(2)9-12/h5-7,9-10H,3-4,8H2,1-2H3,(H2,15,17,18,19). The summed E-state index contributed by atoms with van der Waals surface area (Å²) in [6.45, 7) is 5.07. The maximum absolute atomic E-state index is 4.37. The van der Waals surface area contributed by atoms with E-state index in [1.54, 1.807) is 6.20 Å². The molecule has 2 aromatic rings. The number of hydrogen-bond acceptors (Lipinski definition) is 5. The number of hydrogen-bond donors (Lipinski definition) is 2. The van der Waals surface area contributed by atoms with Crippen molar-refractivity contribution in [1.29, 1.82) is 0 Å². The van der Waals surface area contributed by atoms with Gasteiger partial charge in [-0.15, -0.1) is 5.10 Å². The van der Waals surface area contributed by atoms with E-state index in [9.17, 15) is 0 Å². The molecule has 0 amide bonds. The molecule has 100 valence electrons. The van der Waals surface area contributed by atoms with Crippen molar-refractivity contribution in [3.63, 3.8) is 0 Å². The summed E-state index contributed by atoms with van der Waals surface area (Å²) in [6.07, 6.45) is 3.86. The van der Waals surface area contributed by atoms with Gasteiger partial charge in [-0.25, -0.2) is 0 Å². The summed E-state index contributed by atoms with van der Waals surface area (Å²) in [6, 6.07) is 8.12. The van der Waals surface area contributed by atoms with E-state index in [-0.39, 0.29) is 0 Å². The quantitative estimate of drug-likeness (QED) is 0.778. The monoisotopic (exact) mass is 257 g/mol. The molecule has 0 aliphatic heterocycles. The van der Waals surface area contributed by atoms with Gasteiger partial charge >= 0.3 is 0 Å². The molecule has 0 saturated heterocycles. The highest BCUT2D eigenvalue weighted by atomic mass is 15.3. The highest BCUT2D eigenvalue weighted by Gasteiger charge is 2.00. The molecule has 0 aliphatic carbocycles. The molecule has 0 aliphatic rings. The van der Waals surface area contributed by atoms with E-state index in [0.717, 1.165) is 25.1 Å². The average molecular weight is 257 g/mol. The zero-order valence-electron chi connectivity index (χ0n) is 11.3. The van der Waals surface area contributed by atoms with Gasteiger partial charge in [0.25, 0.3) is 0 Å². The van der Waals surface area contributed by atoms with Gasteiger partial charge < -0.3 is 10.6 Å². The molecule has 0 unspecified atom stereocenters. The van der Waals surface area contributed by atoms with Gasteiger partial charge in [0.2, 0.25) is 5.95 Å². The second-order valence-electron chi connectivity index (χ2n) is 4.44. The summed E-state index contributed by atoms with van der Waals surface area (Å²) in [5.74, 6) is 1.26. The predicted molar refractivity (Wildman–Crippen MR) is 77.7 cm³/mol. The molecule has 2 N–H and O–H groups in total. The smallest absolute Gasteiger partial charge is 0.244 e. The topological polar surface area (TPSA) is 62.7 Å². The number of aromatic nitrogens is 3. The molecular formula is C14H19N5. The lowest BCUT2D eigenvalue weighted by Gasteiger charge is -2.07. The molecule has 0 fully saturated rings. The van der Waals surface area contributed by atoms with Gasteiger partial charge in [0.1, 0.15) is 0 Å². The van der Waals surface area contributed by atoms with Gasteiger partial charge in [-0.05, 0) is 31.0 Å². The largest absolute Gasteiger partial charge is 0.353 e. The van der Waals surface area contributed by atoms with Crippen molar-refractivity contribution in [3.8, 4) is 0 Å². The first-order valence-electron chi connectivity index (χ1n) is 6.55. The molecule has 19 heavy (non-hydrogen) atoms. The fourth-order valence-corrected chi connectivity index (χ4v) is 1.69. The molecule has 0 spiro atoms. The molecule has 5 nitrogen and oxygen atoms in total. The Morgan fingerprint density at radius 3 is 2.95 bits per heavy atom. The van der Waals surface area contributed by atoms with Gasteiger partial charge in [-0.2, -0.15) is 10.1 Å². The van der Waals surface area contributed by atoms with Crippen LogP contribution in [0.5, 0.6) is 0 Å². The minimum atomic E-state index is 0.561. The number of unbranched alkanes of at least 4 members (excludes halogenated alkanes) is 1. The number of benzene rings is 1. The van der Waals surface area contributed by atoms with Crippen molar-refractivity contribution < 1.29 is 0 Å². The zero-order valence-corrected chi connectivity index (χ0v) is 11.3. The van der Waals surface area contributed by atoms with E-state index < -0.39 is 0 Å². The maximum Gasteiger partial charge on any atom is 0.244 e. The molecule has 1 aromatic carbocycles. The maximum atomic E-state index is 4.37. The van der Waals surface area contributed by atoms with Crippen molar-refractivity contribution >= 4 is 17.5 Å². The van der Waals surface area contributed by atoms with Crippen molar-refractivity contribution in [2.75, 3.05) is 17.2 Å². The van der Waals surface area contributed by atoms with E-state index in [0.29, 0.717) is 11.8 Å². The van der Waals surface area contributed by atoms with Gasteiger partial charge in [-0.3, -0.25) is 0 Å². The SMILES string of the molecule is CCCCNc1nncc(Nc2cccc(C)c2)n1. The Kier molecular flexibility index (Phi) is 4.66. The number of anilines is 3. The Hall–Kier alpha value is -2.17. The first-order chi connectivity index (χ1) is 9.28. The second-order valence-corrected chi connectivity index (χ2v) is 4.44. The van der Waals surface area contributed by atoms with Gasteiger partial charge in [0.05, 0.1) is 6.20 Å². The summed E-state index contributed by atoms with van der Waals surface area (Å²) in [5, 5.41) is 14.3. The lowest BCUT2D eigenvalue weighted by atomic mass is 10.2. The second kappa shape index (κ2) is 6.68. The van der Waals surface area contributed by atoms with Crippen LogP contribution in [0.25, 0.3) is 0 Å². The van der Waals surface area contributed by atoms with Crippen LogP contribution in [0.3, 0.4) is 0 Å². The van der Waals surface area contributed by atoms with E-state index >= 15 is 0 Å². The molecule has 1 aromatic heterocycles. The molecule has 2 rings (SSSR count). The summed E-state index contributed by atoms with van der Waals surface area (Å²) < 4.78 is 0. The average Bonchev–Trinajstić information content (AvgIpc) is 2.39. The highest BCUT2D eigenvalue weighted by Crippen LogP contribution is 2.15. The summed E-state index contributed by atoms with van der Waals surface area (Å²) >= 11 is 0. The first kappa shape index (κ1) is 13.3. The van der Waals surface area contributed by atoms with Crippen molar-refractivity contribution in [2.24, 2.45) is 0 Å². The normalized spacial score (nSPS) is 10.2. The lowest BCUT2D eigenvalue weighted by molar-refractivity contribution is 0.819. The molecule has 0 atom stereocenters. The van der Waals surface area contributed by atoms with Crippen LogP contribution in [0.1, 0.15) is 25.3 Å². The van der Waals surface area contributed by atoms with E-state index in [1.807, 2.05) is 12.1 Å². The van der Waals surface area contributed by atoms with Crippen LogP contribution in [0.15, 0.2) is 30.5 Å². The molecule has 0 bridgehead atoms. The third-order valence-electron chi connectivity index (χ3n) is 2.66. The van der Waals surface area contributed by atoms with E-state index in [1.165, 1.54) is 5.56 Å². The Bertz CT molecular complexity index is 527. The predicted octanol–water partition coefficient (Wildman–Crippen LogP) is 3.14. The number of rotatable bonds is 6. The number of aryl methyl sites for hydroxylation is 1. The molecular weight excluding hydrogens is 238 g/mol. The summed E-state index contributed by atoms with van der Waals surface area (Å²) in [7, 11) is 0. The Labute approximate surface area is 113 Å². The highest BCUT2D eigenvalue weighted by molar-refractivity contribution is 5.56.